The second kappa shape index (κ2) is 7.41. The first-order valence-electron chi connectivity index (χ1n) is 6.38. The standard InChI is InChI=1S/C12H20N2O5S/c1-3-5-18-6-7-19-12(15)11-8-10(20(13,16)17)9-14(11)4-2/h8-9H,3-7H2,1-2H3,(H2,13,16,17). The van der Waals surface area contributed by atoms with Gasteiger partial charge in [0.1, 0.15) is 17.2 Å². The lowest BCUT2D eigenvalue weighted by Crippen LogP contribution is -2.14. The zero-order valence-electron chi connectivity index (χ0n) is 11.7. The van der Waals surface area contributed by atoms with Crippen molar-refractivity contribution < 1.29 is 22.7 Å². The third-order valence-electron chi connectivity index (χ3n) is 2.56. The predicted molar refractivity (Wildman–Crippen MR) is 72.9 cm³/mol. The lowest BCUT2D eigenvalue weighted by molar-refractivity contribution is 0.0308. The third-order valence-corrected chi connectivity index (χ3v) is 3.44. The van der Waals surface area contributed by atoms with E-state index < -0.39 is 16.0 Å². The minimum Gasteiger partial charge on any atom is -0.459 e. The highest BCUT2D eigenvalue weighted by atomic mass is 32.2. The van der Waals surface area contributed by atoms with Crippen molar-refractivity contribution in [1.29, 1.82) is 0 Å². The Morgan fingerprint density at radius 3 is 2.55 bits per heavy atom. The van der Waals surface area contributed by atoms with Crippen LogP contribution >= 0.6 is 0 Å². The molecule has 0 aromatic carbocycles. The predicted octanol–water partition coefficient (Wildman–Crippen LogP) is 0.739. The van der Waals surface area contributed by atoms with E-state index in [1.807, 2.05) is 6.92 Å². The van der Waals surface area contributed by atoms with E-state index in [2.05, 4.69) is 0 Å². The van der Waals surface area contributed by atoms with E-state index in [0.29, 0.717) is 19.8 Å². The molecule has 20 heavy (non-hydrogen) atoms. The van der Waals surface area contributed by atoms with Crippen LogP contribution in [-0.4, -0.2) is 38.8 Å². The van der Waals surface area contributed by atoms with Crippen LogP contribution in [0.3, 0.4) is 0 Å². The van der Waals surface area contributed by atoms with Crippen molar-refractivity contribution in [2.24, 2.45) is 5.14 Å². The van der Waals surface area contributed by atoms with Crippen molar-refractivity contribution in [2.45, 2.75) is 31.7 Å². The largest absolute Gasteiger partial charge is 0.459 e. The first kappa shape index (κ1) is 16.7. The van der Waals surface area contributed by atoms with Gasteiger partial charge in [0, 0.05) is 19.3 Å². The summed E-state index contributed by atoms with van der Waals surface area (Å²) in [5.41, 5.74) is 0.159. The summed E-state index contributed by atoms with van der Waals surface area (Å²) in [6.07, 6.45) is 2.21. The van der Waals surface area contributed by atoms with Crippen LogP contribution in [0.4, 0.5) is 0 Å². The van der Waals surface area contributed by atoms with Gasteiger partial charge in [-0.3, -0.25) is 0 Å². The first-order valence-corrected chi connectivity index (χ1v) is 7.92. The topological polar surface area (TPSA) is 101 Å². The maximum Gasteiger partial charge on any atom is 0.355 e. The summed E-state index contributed by atoms with van der Waals surface area (Å²) in [5, 5.41) is 5.04. The van der Waals surface area contributed by atoms with Gasteiger partial charge in [-0.2, -0.15) is 0 Å². The highest BCUT2D eigenvalue weighted by Crippen LogP contribution is 2.14. The van der Waals surface area contributed by atoms with Gasteiger partial charge in [-0.25, -0.2) is 18.4 Å². The highest BCUT2D eigenvalue weighted by molar-refractivity contribution is 7.89. The number of aromatic nitrogens is 1. The maximum atomic E-state index is 11.9. The van der Waals surface area contributed by atoms with Crippen molar-refractivity contribution in [3.8, 4) is 0 Å². The molecule has 114 valence electrons. The number of carbonyl (C=O) groups excluding carboxylic acids is 1. The van der Waals surface area contributed by atoms with Crippen LogP contribution in [0.1, 0.15) is 30.8 Å². The molecular formula is C12H20N2O5S. The average molecular weight is 304 g/mol. The van der Waals surface area contributed by atoms with E-state index in [0.717, 1.165) is 6.42 Å². The number of aryl methyl sites for hydroxylation is 1. The molecule has 7 nitrogen and oxygen atoms in total. The van der Waals surface area contributed by atoms with Crippen LogP contribution < -0.4 is 5.14 Å². The summed E-state index contributed by atoms with van der Waals surface area (Å²) < 4.78 is 34.2. The van der Waals surface area contributed by atoms with Crippen LogP contribution in [0, 0.1) is 0 Å². The zero-order chi connectivity index (χ0) is 15.2. The molecule has 0 amide bonds. The number of carbonyl (C=O) groups is 1. The van der Waals surface area contributed by atoms with Gasteiger partial charge in [-0.1, -0.05) is 6.92 Å². The summed E-state index contributed by atoms with van der Waals surface area (Å²) in [4.78, 5) is 11.8. The van der Waals surface area contributed by atoms with Gasteiger partial charge in [0.05, 0.1) is 6.61 Å². The number of sulfonamides is 1. The summed E-state index contributed by atoms with van der Waals surface area (Å²) in [5.74, 6) is -0.596. The molecule has 0 unspecified atom stereocenters. The van der Waals surface area contributed by atoms with Crippen LogP contribution in [0.5, 0.6) is 0 Å². The fraction of sp³-hybridized carbons (Fsp3) is 0.583. The van der Waals surface area contributed by atoms with Gasteiger partial charge < -0.3 is 14.0 Å². The Balaban J connectivity index is 2.70. The summed E-state index contributed by atoms with van der Waals surface area (Å²) >= 11 is 0. The van der Waals surface area contributed by atoms with Gasteiger partial charge in [0.2, 0.25) is 10.0 Å². The van der Waals surface area contributed by atoms with Crippen molar-refractivity contribution in [3.05, 3.63) is 18.0 Å². The second-order valence-electron chi connectivity index (χ2n) is 4.14. The summed E-state index contributed by atoms with van der Waals surface area (Å²) in [7, 11) is -3.83. The Labute approximate surface area is 118 Å². The number of primary sulfonamides is 1. The van der Waals surface area contributed by atoms with E-state index in [4.69, 9.17) is 14.6 Å². The number of esters is 1. The average Bonchev–Trinajstić information content (AvgIpc) is 2.82. The quantitative estimate of drug-likeness (QED) is 0.564. The Kier molecular flexibility index (Phi) is 6.18. The Hall–Kier alpha value is -1.38. The van der Waals surface area contributed by atoms with E-state index >= 15 is 0 Å². The summed E-state index contributed by atoms with van der Waals surface area (Å²) in [6, 6.07) is 1.22. The Morgan fingerprint density at radius 2 is 2.00 bits per heavy atom. The van der Waals surface area contributed by atoms with E-state index in [1.54, 1.807) is 6.92 Å². The van der Waals surface area contributed by atoms with E-state index in [9.17, 15) is 13.2 Å². The number of nitrogens with zero attached hydrogens (tertiary/aromatic N) is 1. The van der Waals surface area contributed by atoms with Gasteiger partial charge in [-0.05, 0) is 19.4 Å². The van der Waals surface area contributed by atoms with Gasteiger partial charge >= 0.3 is 5.97 Å². The van der Waals surface area contributed by atoms with Gasteiger partial charge in [0.15, 0.2) is 0 Å². The lowest BCUT2D eigenvalue weighted by atomic mass is 10.4. The molecule has 1 aromatic rings. The minimum absolute atomic E-state index is 0.103. The van der Waals surface area contributed by atoms with Gasteiger partial charge in [0.25, 0.3) is 0 Å². The molecule has 0 spiro atoms. The number of hydrogen-bond acceptors (Lipinski definition) is 5. The normalized spacial score (nSPS) is 11.6. The molecule has 2 N–H and O–H groups in total. The van der Waals surface area contributed by atoms with Gasteiger partial charge in [-0.15, -0.1) is 0 Å². The molecule has 0 aliphatic carbocycles. The molecule has 0 saturated carbocycles. The van der Waals surface area contributed by atoms with Crippen molar-refractivity contribution in [2.75, 3.05) is 19.8 Å². The lowest BCUT2D eigenvalue weighted by Gasteiger charge is -2.07. The van der Waals surface area contributed by atoms with Crippen LogP contribution in [0.15, 0.2) is 17.2 Å². The molecule has 0 aliphatic heterocycles. The zero-order valence-corrected chi connectivity index (χ0v) is 12.5. The monoisotopic (exact) mass is 304 g/mol. The molecule has 1 rings (SSSR count). The first-order chi connectivity index (χ1) is 9.40. The number of ether oxygens (including phenoxy) is 2. The van der Waals surface area contributed by atoms with Crippen LogP contribution in [0.25, 0.3) is 0 Å². The van der Waals surface area contributed by atoms with E-state index in [1.165, 1.54) is 16.8 Å². The van der Waals surface area contributed by atoms with Crippen LogP contribution in [-0.2, 0) is 26.0 Å². The molecule has 0 radical (unpaired) electrons. The maximum absolute atomic E-state index is 11.9. The van der Waals surface area contributed by atoms with Crippen molar-refractivity contribution in [3.63, 3.8) is 0 Å². The fourth-order valence-corrected chi connectivity index (χ4v) is 2.14. The smallest absolute Gasteiger partial charge is 0.355 e. The summed E-state index contributed by atoms with van der Waals surface area (Å²) in [6.45, 7) is 5.25. The van der Waals surface area contributed by atoms with Crippen molar-refractivity contribution in [1.82, 2.24) is 4.57 Å². The van der Waals surface area contributed by atoms with Crippen molar-refractivity contribution >= 4 is 16.0 Å². The second-order valence-corrected chi connectivity index (χ2v) is 5.70. The molecule has 0 atom stereocenters. The SMILES string of the molecule is CCCOCCOC(=O)c1cc(S(N)(=O)=O)cn1CC. The Morgan fingerprint density at radius 1 is 1.30 bits per heavy atom. The third kappa shape index (κ3) is 4.62. The number of rotatable bonds is 8. The molecule has 0 fully saturated rings. The number of hydrogen-bond donors (Lipinski definition) is 1. The Bertz CT molecular complexity index is 550. The fourth-order valence-electron chi connectivity index (χ4n) is 1.59. The molecule has 8 heteroatoms. The molecular weight excluding hydrogens is 284 g/mol. The van der Waals surface area contributed by atoms with Crippen LogP contribution in [0.2, 0.25) is 0 Å². The minimum atomic E-state index is -3.83. The van der Waals surface area contributed by atoms with E-state index in [-0.39, 0.29) is 17.2 Å². The molecule has 1 aromatic heterocycles. The molecule has 0 aliphatic rings. The number of nitrogens with two attached hydrogens (primary N) is 1. The molecule has 1 heterocycles. The molecule has 0 bridgehead atoms. The molecule has 0 saturated heterocycles. The highest BCUT2D eigenvalue weighted by Gasteiger charge is 2.19.